The predicted octanol–water partition coefficient (Wildman–Crippen LogP) is 4.48. The summed E-state index contributed by atoms with van der Waals surface area (Å²) in [5.74, 6) is 1.12. The molecule has 0 fully saturated rings. The van der Waals surface area contributed by atoms with Crippen molar-refractivity contribution in [3.05, 3.63) is 83.4 Å². The Labute approximate surface area is 198 Å². The molecule has 0 bridgehead atoms. The Bertz CT molecular complexity index is 1140. The lowest BCUT2D eigenvalue weighted by atomic mass is 10.2. The molecule has 0 spiro atoms. The van der Waals surface area contributed by atoms with E-state index in [1.54, 1.807) is 73.8 Å². The van der Waals surface area contributed by atoms with Gasteiger partial charge < -0.3 is 18.9 Å². The van der Waals surface area contributed by atoms with Crippen LogP contribution in [0.25, 0.3) is 0 Å². The van der Waals surface area contributed by atoms with Gasteiger partial charge in [-0.3, -0.25) is 4.79 Å². The molecule has 0 aromatic heterocycles. The number of methoxy groups -OCH3 is 1. The molecule has 8 nitrogen and oxygen atoms in total. The number of carbonyl (C=O) groups is 2. The van der Waals surface area contributed by atoms with E-state index in [9.17, 15) is 9.59 Å². The highest BCUT2D eigenvalue weighted by atomic mass is 16.6. The molecular formula is C26H26N2O6. The molecule has 0 radical (unpaired) electrons. The van der Waals surface area contributed by atoms with E-state index in [2.05, 4.69) is 10.5 Å². The number of amides is 1. The summed E-state index contributed by atoms with van der Waals surface area (Å²) in [4.78, 5) is 24.8. The lowest BCUT2D eigenvalue weighted by Gasteiger charge is -2.11. The zero-order valence-corrected chi connectivity index (χ0v) is 19.2. The van der Waals surface area contributed by atoms with E-state index in [1.807, 2.05) is 13.8 Å². The van der Waals surface area contributed by atoms with E-state index < -0.39 is 5.97 Å². The van der Waals surface area contributed by atoms with Crippen molar-refractivity contribution < 1.29 is 28.5 Å². The van der Waals surface area contributed by atoms with Gasteiger partial charge in [-0.1, -0.05) is 0 Å². The van der Waals surface area contributed by atoms with Crippen LogP contribution < -0.4 is 24.4 Å². The second-order valence-corrected chi connectivity index (χ2v) is 6.91. The first-order valence-electron chi connectivity index (χ1n) is 10.7. The van der Waals surface area contributed by atoms with Gasteiger partial charge in [0.05, 0.1) is 32.1 Å². The molecule has 1 N–H and O–H groups in total. The van der Waals surface area contributed by atoms with Crippen LogP contribution in [-0.4, -0.2) is 38.4 Å². The van der Waals surface area contributed by atoms with Crippen LogP contribution in [0.2, 0.25) is 0 Å². The first kappa shape index (κ1) is 24.3. The smallest absolute Gasteiger partial charge is 0.343 e. The lowest BCUT2D eigenvalue weighted by Crippen LogP contribution is -2.17. The van der Waals surface area contributed by atoms with Crippen LogP contribution in [0.4, 0.5) is 0 Å². The van der Waals surface area contributed by atoms with Gasteiger partial charge in [0.2, 0.25) is 0 Å². The molecule has 176 valence electrons. The summed E-state index contributed by atoms with van der Waals surface area (Å²) in [6.45, 7) is 4.65. The maximum absolute atomic E-state index is 12.5. The Morgan fingerprint density at radius 2 is 1.47 bits per heavy atom. The molecule has 0 aliphatic carbocycles. The van der Waals surface area contributed by atoms with Crippen molar-refractivity contribution in [3.63, 3.8) is 0 Å². The second kappa shape index (κ2) is 12.1. The topological polar surface area (TPSA) is 95.5 Å². The summed E-state index contributed by atoms with van der Waals surface area (Å²) >= 11 is 0. The Hall–Kier alpha value is -4.33. The van der Waals surface area contributed by atoms with Gasteiger partial charge in [-0.05, 0) is 86.1 Å². The van der Waals surface area contributed by atoms with E-state index in [0.717, 1.165) is 0 Å². The van der Waals surface area contributed by atoms with Crippen LogP contribution in [0.5, 0.6) is 23.0 Å². The minimum Gasteiger partial charge on any atom is -0.497 e. The van der Waals surface area contributed by atoms with E-state index >= 15 is 0 Å². The molecule has 0 aliphatic heterocycles. The van der Waals surface area contributed by atoms with Crippen molar-refractivity contribution in [2.24, 2.45) is 5.10 Å². The third kappa shape index (κ3) is 6.59. The van der Waals surface area contributed by atoms with Gasteiger partial charge >= 0.3 is 5.97 Å². The van der Waals surface area contributed by atoms with Crippen LogP contribution in [0, 0.1) is 0 Å². The zero-order valence-electron chi connectivity index (χ0n) is 19.2. The molecule has 3 aromatic carbocycles. The molecule has 0 saturated carbocycles. The van der Waals surface area contributed by atoms with Crippen LogP contribution in [0.3, 0.4) is 0 Å². The largest absolute Gasteiger partial charge is 0.497 e. The Morgan fingerprint density at radius 1 is 0.824 bits per heavy atom. The molecule has 1 amide bonds. The number of rotatable bonds is 10. The Kier molecular flexibility index (Phi) is 8.62. The molecule has 34 heavy (non-hydrogen) atoms. The molecule has 0 unspecified atom stereocenters. The average molecular weight is 463 g/mol. The Morgan fingerprint density at radius 3 is 2.12 bits per heavy atom. The SMILES string of the molecule is CCOc1ccc(C(=O)N/N=C\c2ccc(OC(=O)c3ccc(OC)cc3)c(OCC)c2)cc1. The number of carbonyl (C=O) groups excluding carboxylic acids is 2. The average Bonchev–Trinajstić information content (AvgIpc) is 2.86. The molecule has 0 aliphatic rings. The molecule has 3 rings (SSSR count). The fraction of sp³-hybridized carbons (Fsp3) is 0.192. The van der Waals surface area contributed by atoms with E-state index in [0.29, 0.717) is 47.2 Å². The van der Waals surface area contributed by atoms with Gasteiger partial charge in [0, 0.05) is 5.56 Å². The van der Waals surface area contributed by atoms with Gasteiger partial charge in [0.25, 0.3) is 5.91 Å². The normalized spacial score (nSPS) is 10.6. The van der Waals surface area contributed by atoms with Gasteiger partial charge in [-0.2, -0.15) is 5.10 Å². The number of ether oxygens (including phenoxy) is 4. The first-order valence-corrected chi connectivity index (χ1v) is 10.7. The molecule has 8 heteroatoms. The van der Waals surface area contributed by atoms with Crippen molar-refractivity contribution >= 4 is 18.1 Å². The van der Waals surface area contributed by atoms with Gasteiger partial charge in [-0.25, -0.2) is 10.2 Å². The zero-order chi connectivity index (χ0) is 24.3. The van der Waals surface area contributed by atoms with Crippen LogP contribution in [0.15, 0.2) is 71.8 Å². The summed E-state index contributed by atoms with van der Waals surface area (Å²) in [6.07, 6.45) is 1.48. The third-order valence-corrected chi connectivity index (χ3v) is 4.60. The highest BCUT2D eigenvalue weighted by molar-refractivity contribution is 5.95. The first-order chi connectivity index (χ1) is 16.5. The third-order valence-electron chi connectivity index (χ3n) is 4.60. The lowest BCUT2D eigenvalue weighted by molar-refractivity contribution is 0.0728. The summed E-state index contributed by atoms with van der Waals surface area (Å²) in [5.41, 5.74) is 3.97. The number of benzene rings is 3. The van der Waals surface area contributed by atoms with Crippen molar-refractivity contribution in [3.8, 4) is 23.0 Å². The summed E-state index contributed by atoms with van der Waals surface area (Å²) in [6, 6.07) is 18.4. The standard InChI is InChI=1S/C26H26N2O6/c1-4-32-22-13-7-19(8-14-22)25(29)28-27-17-18-6-15-23(24(16-18)33-5-2)34-26(30)20-9-11-21(31-3)12-10-20/h6-17H,4-5H2,1-3H3,(H,28,29)/b27-17-. The van der Waals surface area contributed by atoms with Crippen LogP contribution >= 0.6 is 0 Å². The highest BCUT2D eigenvalue weighted by Gasteiger charge is 2.13. The maximum atomic E-state index is 12.5. The number of hydrogen-bond donors (Lipinski definition) is 1. The van der Waals surface area contributed by atoms with Crippen molar-refractivity contribution in [2.75, 3.05) is 20.3 Å². The fourth-order valence-corrected chi connectivity index (χ4v) is 2.94. The minimum absolute atomic E-state index is 0.276. The highest BCUT2D eigenvalue weighted by Crippen LogP contribution is 2.29. The quantitative estimate of drug-likeness (QED) is 0.207. The van der Waals surface area contributed by atoms with Crippen molar-refractivity contribution in [2.45, 2.75) is 13.8 Å². The fourth-order valence-electron chi connectivity index (χ4n) is 2.94. The van der Waals surface area contributed by atoms with Gasteiger partial charge in [0.15, 0.2) is 11.5 Å². The summed E-state index contributed by atoms with van der Waals surface area (Å²) in [5, 5.41) is 4.00. The maximum Gasteiger partial charge on any atom is 0.343 e. The number of nitrogens with one attached hydrogen (secondary N) is 1. The predicted molar refractivity (Wildman–Crippen MR) is 128 cm³/mol. The summed E-state index contributed by atoms with van der Waals surface area (Å²) < 4.78 is 21.6. The molecule has 3 aromatic rings. The van der Waals surface area contributed by atoms with Crippen molar-refractivity contribution in [1.29, 1.82) is 0 Å². The summed E-state index contributed by atoms with van der Waals surface area (Å²) in [7, 11) is 1.55. The minimum atomic E-state index is -0.521. The number of esters is 1. The second-order valence-electron chi connectivity index (χ2n) is 6.91. The number of hydrogen-bond acceptors (Lipinski definition) is 7. The van der Waals surface area contributed by atoms with Crippen molar-refractivity contribution in [1.82, 2.24) is 5.43 Å². The molecule has 0 atom stereocenters. The number of nitrogens with zero attached hydrogens (tertiary/aromatic N) is 1. The Balaban J connectivity index is 1.66. The van der Waals surface area contributed by atoms with E-state index in [-0.39, 0.29) is 11.7 Å². The molecular weight excluding hydrogens is 436 g/mol. The van der Waals surface area contributed by atoms with E-state index in [1.165, 1.54) is 6.21 Å². The van der Waals surface area contributed by atoms with Gasteiger partial charge in [0.1, 0.15) is 11.5 Å². The molecule has 0 saturated heterocycles. The monoisotopic (exact) mass is 462 g/mol. The van der Waals surface area contributed by atoms with Crippen LogP contribution in [-0.2, 0) is 0 Å². The number of hydrazone groups is 1. The molecule has 0 heterocycles. The van der Waals surface area contributed by atoms with Crippen LogP contribution in [0.1, 0.15) is 40.1 Å². The van der Waals surface area contributed by atoms with Gasteiger partial charge in [-0.15, -0.1) is 0 Å². The van der Waals surface area contributed by atoms with E-state index in [4.69, 9.17) is 18.9 Å².